The lowest BCUT2D eigenvalue weighted by Crippen LogP contribution is -2.55. The highest BCUT2D eigenvalue weighted by molar-refractivity contribution is 6.68. The second-order valence-corrected chi connectivity index (χ2v) is 12.5. The summed E-state index contributed by atoms with van der Waals surface area (Å²) in [6, 6.07) is 40.6. The van der Waals surface area contributed by atoms with E-state index in [9.17, 15) is 0 Å². The van der Waals surface area contributed by atoms with Crippen LogP contribution in [0.1, 0.15) is 5.82 Å². The van der Waals surface area contributed by atoms with Crippen LogP contribution in [0.4, 0.5) is 0 Å². The van der Waals surface area contributed by atoms with Crippen molar-refractivity contribution in [3.8, 4) is 39.1 Å². The third-order valence-corrected chi connectivity index (χ3v) is 9.46. The summed E-state index contributed by atoms with van der Waals surface area (Å²) < 4.78 is 1.96. The molecule has 8 rings (SSSR count). The van der Waals surface area contributed by atoms with Gasteiger partial charge in [0.25, 0.3) is 0 Å². The number of rotatable bonds is 5. The van der Waals surface area contributed by atoms with Crippen LogP contribution in [-0.4, -0.2) is 72.3 Å². The highest BCUT2D eigenvalue weighted by atomic mass is 15.1. The zero-order chi connectivity index (χ0) is 34.9. The summed E-state index contributed by atoms with van der Waals surface area (Å²) in [7, 11) is 51.2. The molecule has 0 saturated heterocycles. The van der Waals surface area contributed by atoms with Gasteiger partial charge in [-0.05, 0) is 67.6 Å². The van der Waals surface area contributed by atoms with Crippen molar-refractivity contribution in [1.29, 1.82) is 0 Å². The van der Waals surface area contributed by atoms with Crippen LogP contribution in [0.15, 0.2) is 121 Å². The van der Waals surface area contributed by atoms with Gasteiger partial charge in [0.2, 0.25) is 0 Å². The molecule has 7 aromatic carbocycles. The molecule has 1 heterocycles. The molecule has 214 valence electrons. The second kappa shape index (κ2) is 12.1. The molecule has 16 radical (unpaired) electrons. The summed E-state index contributed by atoms with van der Waals surface area (Å²) in [5, 5.41) is 2.36. The molecule has 0 aliphatic carbocycles. The fraction of sp³-hybridized carbons (Fsp3) is 0.0250. The Morgan fingerprint density at radius 2 is 0.820 bits per heavy atom. The average Bonchev–Trinajstić information content (AvgIpc) is 3.53. The lowest BCUT2D eigenvalue weighted by Gasteiger charge is -2.26. The van der Waals surface area contributed by atoms with Crippen LogP contribution < -0.4 is 27.3 Å². The van der Waals surface area contributed by atoms with Gasteiger partial charge in [-0.25, -0.2) is 4.98 Å². The lowest BCUT2D eigenvalue weighted by molar-refractivity contribution is 0.931. The van der Waals surface area contributed by atoms with Gasteiger partial charge in [0.05, 0.1) is 46.1 Å². The van der Waals surface area contributed by atoms with E-state index in [0.717, 1.165) is 66.1 Å². The van der Waals surface area contributed by atoms with Crippen LogP contribution in [0.5, 0.6) is 0 Å². The molecule has 0 saturated carbocycles. The Balaban J connectivity index is 1.49. The first kappa shape index (κ1) is 32.3. The molecule has 0 bridgehead atoms. The van der Waals surface area contributed by atoms with Crippen molar-refractivity contribution in [1.82, 2.24) is 9.55 Å². The highest BCUT2D eigenvalue weighted by Gasteiger charge is 2.26. The van der Waals surface area contributed by atoms with E-state index in [2.05, 4.69) is 36.4 Å². The van der Waals surface area contributed by atoms with Crippen molar-refractivity contribution in [2.24, 2.45) is 0 Å². The summed E-state index contributed by atoms with van der Waals surface area (Å²) in [4.78, 5) is 4.79. The third kappa shape index (κ3) is 4.95. The van der Waals surface area contributed by atoms with Crippen molar-refractivity contribution >= 4 is 123 Å². The van der Waals surface area contributed by atoms with Gasteiger partial charge in [0, 0.05) is 5.56 Å². The van der Waals surface area contributed by atoms with E-state index in [1.54, 1.807) is 0 Å². The van der Waals surface area contributed by atoms with Gasteiger partial charge < -0.3 is 0 Å². The zero-order valence-electron chi connectivity index (χ0n) is 27.1. The molecule has 0 atom stereocenters. The molecule has 0 spiro atoms. The van der Waals surface area contributed by atoms with E-state index < -0.39 is 5.11 Å². The normalized spacial score (nSPS) is 11.8. The highest BCUT2D eigenvalue weighted by Crippen LogP contribution is 2.47. The topological polar surface area (TPSA) is 17.8 Å². The first-order valence-electron chi connectivity index (χ1n) is 16.1. The van der Waals surface area contributed by atoms with Gasteiger partial charge in [-0.15, -0.1) is 16.4 Å². The van der Waals surface area contributed by atoms with Crippen molar-refractivity contribution in [3.63, 3.8) is 0 Å². The van der Waals surface area contributed by atoms with Crippen LogP contribution in [0.25, 0.3) is 71.6 Å². The van der Waals surface area contributed by atoms with Crippen LogP contribution >= 0.6 is 0 Å². The number of aromatic nitrogens is 2. The van der Waals surface area contributed by atoms with E-state index >= 15 is 0 Å². The van der Waals surface area contributed by atoms with Crippen LogP contribution in [0, 0.1) is 0 Å². The van der Waals surface area contributed by atoms with Crippen LogP contribution in [0.2, 0.25) is 0 Å². The summed E-state index contributed by atoms with van der Waals surface area (Å²) >= 11 is 0. The number of hydrogen-bond donors (Lipinski definition) is 0. The number of hydrogen-bond acceptors (Lipinski definition) is 1. The summed E-state index contributed by atoms with van der Waals surface area (Å²) in [6.45, 7) is 0. The Morgan fingerprint density at radius 1 is 0.420 bits per heavy atom. The zero-order valence-corrected chi connectivity index (χ0v) is 27.1. The van der Waals surface area contributed by atoms with Gasteiger partial charge in [-0.2, -0.15) is 0 Å². The smallest absolute Gasteiger partial charge is 0.113 e. The molecule has 0 fully saturated rings. The van der Waals surface area contributed by atoms with E-state index in [0.29, 0.717) is 11.4 Å². The molecule has 0 N–H and O–H groups in total. The quantitative estimate of drug-likeness (QED) is 0.215. The number of fused-ring (bicyclic) bond motifs is 3. The molecule has 8 aromatic rings. The predicted molar refractivity (Wildman–Crippen MR) is 218 cm³/mol. The molecule has 0 unspecified atom stereocenters. The lowest BCUT2D eigenvalue weighted by atomic mass is 9.42. The molecular formula is C40H20B8N2. The van der Waals surface area contributed by atoms with Crippen molar-refractivity contribution in [2.75, 3.05) is 0 Å². The van der Waals surface area contributed by atoms with Gasteiger partial charge in [-0.3, -0.25) is 4.57 Å². The Labute approximate surface area is 302 Å². The minimum atomic E-state index is -1.71. The molecule has 0 aliphatic rings. The van der Waals surface area contributed by atoms with E-state index in [1.165, 1.54) is 0 Å². The monoisotopic (exact) mass is 616 g/mol. The third-order valence-electron chi connectivity index (χ3n) is 9.46. The van der Waals surface area contributed by atoms with E-state index in [-0.39, 0.29) is 27.3 Å². The number of imidazole rings is 1. The molecular weight excluding hydrogens is 595 g/mol. The van der Waals surface area contributed by atoms with Crippen LogP contribution in [0.3, 0.4) is 0 Å². The van der Waals surface area contributed by atoms with Crippen LogP contribution in [-0.2, 0) is 5.11 Å². The number of para-hydroxylation sites is 3. The minimum absolute atomic E-state index is 0.171. The maximum Gasteiger partial charge on any atom is 0.113 e. The molecule has 10 heteroatoms. The van der Waals surface area contributed by atoms with E-state index in [1.807, 2.05) is 89.5 Å². The Kier molecular flexibility index (Phi) is 7.83. The molecule has 0 amide bonds. The van der Waals surface area contributed by atoms with Crippen molar-refractivity contribution < 1.29 is 0 Å². The summed E-state index contributed by atoms with van der Waals surface area (Å²) in [5.41, 5.74) is 8.72. The van der Waals surface area contributed by atoms with E-state index in [4.69, 9.17) is 67.8 Å². The Morgan fingerprint density at radius 3 is 1.36 bits per heavy atom. The molecule has 1 aromatic heterocycles. The standard InChI is InChI=1S/C40H20B8N2/c41-34-33(35(42)37(44)38(45)36(34)43)26-16-6-5-15-25(26)31-21-11-1-3-13-23(21)32(24-14-4-2-12-22(24)31)27-17-7-9-19-29(27)50-30-20-10-8-18-28(30)49-39(50)40(46,47)48/h1-20H. The number of benzene rings is 7. The summed E-state index contributed by atoms with van der Waals surface area (Å²) in [6.07, 6.45) is 0. The fourth-order valence-corrected chi connectivity index (χ4v) is 7.21. The predicted octanol–water partition coefficient (Wildman–Crippen LogP) is 2.92. The van der Waals surface area contributed by atoms with Gasteiger partial charge in [0.1, 0.15) is 39.2 Å². The summed E-state index contributed by atoms with van der Waals surface area (Å²) in [5.74, 6) is 0.336. The molecule has 0 aliphatic heterocycles. The van der Waals surface area contributed by atoms with Crippen molar-refractivity contribution in [2.45, 2.75) is 5.11 Å². The van der Waals surface area contributed by atoms with Gasteiger partial charge >= 0.3 is 0 Å². The van der Waals surface area contributed by atoms with Gasteiger partial charge in [-0.1, -0.05) is 119 Å². The maximum absolute atomic E-state index is 6.63. The Hall–Kier alpha value is -4.95. The van der Waals surface area contributed by atoms with Crippen molar-refractivity contribution in [3.05, 3.63) is 127 Å². The first-order valence-corrected chi connectivity index (χ1v) is 16.1. The number of nitrogens with zero attached hydrogens (tertiary/aromatic N) is 2. The fourth-order valence-electron chi connectivity index (χ4n) is 7.21. The Bertz CT molecular complexity index is 2570. The maximum atomic E-state index is 6.63. The largest absolute Gasteiger partial charge is 0.297 e. The van der Waals surface area contributed by atoms with Gasteiger partial charge in [0.15, 0.2) is 0 Å². The average molecular weight is 615 g/mol. The first-order chi connectivity index (χ1) is 24.1. The molecule has 50 heavy (non-hydrogen) atoms. The second-order valence-electron chi connectivity index (χ2n) is 12.5. The molecule has 2 nitrogen and oxygen atoms in total. The minimum Gasteiger partial charge on any atom is -0.297 e. The SMILES string of the molecule is [B]c1c([B])c([B])c(-c2ccccc2-c2c3ccccc3c(-c3ccccc3-n3c(C([B])([B])[B])nc4ccccc43)c3ccccc23)c([B])c1[B].